The molecule has 9 heteroatoms. The fraction of sp³-hybridized carbons (Fsp3) is 0. The number of carboxylic acids is 2. The molecule has 0 spiro atoms. The lowest BCUT2D eigenvalue weighted by Crippen LogP contribution is -2.25. The lowest BCUT2D eigenvalue weighted by Gasteiger charge is -2.04. The normalized spacial score (nSPS) is 10.3. The van der Waals surface area contributed by atoms with Crippen LogP contribution in [0, 0.1) is 0 Å². The highest BCUT2D eigenvalue weighted by Crippen LogP contribution is 2.12. The lowest BCUT2D eigenvalue weighted by atomic mass is 10.1. The molecule has 2 rings (SSSR count). The van der Waals surface area contributed by atoms with Gasteiger partial charge in [0.15, 0.2) is 0 Å². The second-order valence-electron chi connectivity index (χ2n) is 3.57. The molecule has 0 unspecified atom stereocenters. The van der Waals surface area contributed by atoms with Gasteiger partial charge in [-0.05, 0) is 18.2 Å². The first kappa shape index (κ1) is 12.4. The van der Waals surface area contributed by atoms with Crippen molar-refractivity contribution in [3.05, 3.63) is 50.3 Å². The van der Waals surface area contributed by atoms with E-state index in [2.05, 4.69) is 0 Å². The first-order valence-corrected chi connectivity index (χ1v) is 4.92. The monoisotopic (exact) mass is 265 g/mol. The van der Waals surface area contributed by atoms with Crippen molar-refractivity contribution in [2.24, 2.45) is 0 Å². The zero-order valence-corrected chi connectivity index (χ0v) is 9.21. The van der Waals surface area contributed by atoms with Crippen LogP contribution in [-0.2, 0) is 0 Å². The second kappa shape index (κ2) is 4.29. The van der Waals surface area contributed by atoms with Crippen LogP contribution in [0.25, 0.3) is 5.69 Å². The molecule has 98 valence electrons. The highest BCUT2D eigenvalue weighted by molar-refractivity contribution is 5.94. The summed E-state index contributed by atoms with van der Waals surface area (Å²) in [5.41, 5.74) is -2.50. The predicted octanol–water partition coefficient (Wildman–Crippen LogP) is -0.750. The molecule has 4 N–H and O–H groups in total. The third-order valence-electron chi connectivity index (χ3n) is 2.35. The lowest BCUT2D eigenvalue weighted by molar-refractivity contribution is 0.0696. The van der Waals surface area contributed by atoms with E-state index in [0.717, 1.165) is 18.2 Å². The maximum absolute atomic E-state index is 11.4. The molecule has 19 heavy (non-hydrogen) atoms. The van der Waals surface area contributed by atoms with Crippen LogP contribution < -0.4 is 11.4 Å². The van der Waals surface area contributed by atoms with E-state index in [1.165, 1.54) is 0 Å². The van der Waals surface area contributed by atoms with Gasteiger partial charge in [-0.2, -0.15) is 0 Å². The average molecular weight is 265 g/mol. The van der Waals surface area contributed by atoms with Crippen molar-refractivity contribution < 1.29 is 19.8 Å². The molecule has 0 aliphatic carbocycles. The SMILES string of the molecule is O=C(O)c1cc(C(=O)O)cc(-n2c(=O)[nH][nH]c2=O)c1. The van der Waals surface area contributed by atoms with Crippen LogP contribution in [0.15, 0.2) is 27.8 Å². The van der Waals surface area contributed by atoms with E-state index in [4.69, 9.17) is 10.2 Å². The van der Waals surface area contributed by atoms with Gasteiger partial charge in [0.05, 0.1) is 16.8 Å². The van der Waals surface area contributed by atoms with Gasteiger partial charge in [-0.25, -0.2) is 33.9 Å². The molecule has 0 saturated heterocycles. The number of aromatic nitrogens is 3. The minimum Gasteiger partial charge on any atom is -0.478 e. The fourth-order valence-corrected chi connectivity index (χ4v) is 1.53. The van der Waals surface area contributed by atoms with Crippen LogP contribution in [0.1, 0.15) is 20.7 Å². The molecule has 0 radical (unpaired) electrons. The Morgan fingerprint density at radius 2 is 1.32 bits per heavy atom. The number of nitrogens with one attached hydrogen (secondary N) is 2. The van der Waals surface area contributed by atoms with Crippen molar-refractivity contribution in [3.8, 4) is 5.69 Å². The zero-order chi connectivity index (χ0) is 14.2. The van der Waals surface area contributed by atoms with Crippen LogP contribution in [-0.4, -0.2) is 36.9 Å². The van der Waals surface area contributed by atoms with Gasteiger partial charge in [-0.1, -0.05) is 0 Å². The van der Waals surface area contributed by atoms with E-state index in [-0.39, 0.29) is 16.8 Å². The number of carboxylic acid groups (broad SMARTS) is 2. The molecular weight excluding hydrogens is 258 g/mol. The first-order valence-electron chi connectivity index (χ1n) is 4.92. The number of hydrogen-bond acceptors (Lipinski definition) is 4. The van der Waals surface area contributed by atoms with Crippen molar-refractivity contribution in [3.63, 3.8) is 0 Å². The number of aromatic amines is 2. The number of benzene rings is 1. The molecular formula is C10H7N3O6. The second-order valence-corrected chi connectivity index (χ2v) is 3.57. The Bertz CT molecular complexity index is 721. The largest absolute Gasteiger partial charge is 0.478 e. The Hall–Kier alpha value is -3.10. The summed E-state index contributed by atoms with van der Waals surface area (Å²) >= 11 is 0. The molecule has 9 nitrogen and oxygen atoms in total. The Labute approximate surface area is 103 Å². The van der Waals surface area contributed by atoms with Gasteiger partial charge < -0.3 is 10.2 Å². The standard InChI is InChI=1S/C10H7N3O6/c14-7(15)4-1-5(8(16)17)3-6(2-4)13-9(18)11-12-10(13)19/h1-3H,(H,11,18)(H,12,19)(H,14,15)(H,16,17). The summed E-state index contributed by atoms with van der Waals surface area (Å²) in [6.45, 7) is 0. The summed E-state index contributed by atoms with van der Waals surface area (Å²) in [6.07, 6.45) is 0. The third-order valence-corrected chi connectivity index (χ3v) is 2.35. The molecule has 1 aromatic heterocycles. The Morgan fingerprint density at radius 1 is 0.895 bits per heavy atom. The zero-order valence-electron chi connectivity index (χ0n) is 9.21. The number of aromatic carboxylic acids is 2. The van der Waals surface area contributed by atoms with Crippen molar-refractivity contribution in [1.29, 1.82) is 0 Å². The van der Waals surface area contributed by atoms with Crippen LogP contribution in [0.3, 0.4) is 0 Å². The average Bonchev–Trinajstić information content (AvgIpc) is 2.68. The van der Waals surface area contributed by atoms with E-state index >= 15 is 0 Å². The molecule has 1 aromatic carbocycles. The summed E-state index contributed by atoms with van der Waals surface area (Å²) in [7, 11) is 0. The van der Waals surface area contributed by atoms with Gasteiger partial charge in [0.25, 0.3) is 0 Å². The molecule has 0 atom stereocenters. The first-order chi connectivity index (χ1) is 8.90. The van der Waals surface area contributed by atoms with Crippen LogP contribution in [0.5, 0.6) is 0 Å². The van der Waals surface area contributed by atoms with Gasteiger partial charge in [0, 0.05) is 0 Å². The smallest absolute Gasteiger partial charge is 0.348 e. The van der Waals surface area contributed by atoms with E-state index in [1.807, 2.05) is 10.2 Å². The van der Waals surface area contributed by atoms with E-state index in [9.17, 15) is 19.2 Å². The Balaban J connectivity index is 2.77. The van der Waals surface area contributed by atoms with Crippen LogP contribution >= 0.6 is 0 Å². The maximum atomic E-state index is 11.4. The van der Waals surface area contributed by atoms with Gasteiger partial charge in [0.2, 0.25) is 0 Å². The minimum atomic E-state index is -1.37. The van der Waals surface area contributed by atoms with Crippen molar-refractivity contribution in [2.45, 2.75) is 0 Å². The maximum Gasteiger partial charge on any atom is 0.348 e. The highest BCUT2D eigenvalue weighted by atomic mass is 16.4. The number of nitrogens with zero attached hydrogens (tertiary/aromatic N) is 1. The van der Waals surface area contributed by atoms with Gasteiger partial charge in [-0.15, -0.1) is 0 Å². The Kier molecular flexibility index (Phi) is 2.79. The van der Waals surface area contributed by atoms with Crippen molar-refractivity contribution >= 4 is 11.9 Å². The quantitative estimate of drug-likeness (QED) is 0.574. The van der Waals surface area contributed by atoms with E-state index < -0.39 is 23.3 Å². The third kappa shape index (κ3) is 2.16. The number of rotatable bonds is 3. The minimum absolute atomic E-state index is 0.148. The van der Waals surface area contributed by atoms with E-state index in [0.29, 0.717) is 4.57 Å². The Morgan fingerprint density at radius 3 is 1.68 bits per heavy atom. The molecule has 0 saturated carbocycles. The van der Waals surface area contributed by atoms with Crippen molar-refractivity contribution in [2.75, 3.05) is 0 Å². The molecule has 0 bridgehead atoms. The number of hydrogen-bond donors (Lipinski definition) is 4. The molecule has 2 aromatic rings. The van der Waals surface area contributed by atoms with Crippen LogP contribution in [0.2, 0.25) is 0 Å². The van der Waals surface area contributed by atoms with Crippen molar-refractivity contribution in [1.82, 2.24) is 14.8 Å². The van der Waals surface area contributed by atoms with Gasteiger partial charge in [-0.3, -0.25) is 0 Å². The predicted molar refractivity (Wildman–Crippen MR) is 60.9 cm³/mol. The van der Waals surface area contributed by atoms with Gasteiger partial charge in [0.1, 0.15) is 0 Å². The molecule has 0 fully saturated rings. The topological polar surface area (TPSA) is 145 Å². The number of carbonyl (C=O) groups is 2. The fourth-order valence-electron chi connectivity index (χ4n) is 1.53. The highest BCUT2D eigenvalue weighted by Gasteiger charge is 2.14. The summed E-state index contributed by atoms with van der Waals surface area (Å²) in [5.74, 6) is -2.74. The molecule has 0 aliphatic rings. The summed E-state index contributed by atoms with van der Waals surface area (Å²) < 4.78 is 0.596. The summed E-state index contributed by atoms with van der Waals surface area (Å²) in [4.78, 5) is 44.6. The van der Waals surface area contributed by atoms with Crippen LogP contribution in [0.4, 0.5) is 0 Å². The number of H-pyrrole nitrogens is 2. The van der Waals surface area contributed by atoms with E-state index in [1.54, 1.807) is 0 Å². The molecule has 0 aliphatic heterocycles. The summed E-state index contributed by atoms with van der Waals surface area (Å²) in [5, 5.41) is 21.8. The van der Waals surface area contributed by atoms with Gasteiger partial charge >= 0.3 is 23.3 Å². The summed E-state index contributed by atoms with van der Waals surface area (Å²) in [6, 6.07) is 2.98. The molecule has 0 amide bonds. The molecule has 1 heterocycles.